The first-order chi connectivity index (χ1) is 14.2. The van der Waals surface area contributed by atoms with Gasteiger partial charge in [0.05, 0.1) is 26.2 Å². The molecule has 1 nitrogen and oxygen atoms in total. The van der Waals surface area contributed by atoms with Gasteiger partial charge in [0.1, 0.15) is 0 Å². The summed E-state index contributed by atoms with van der Waals surface area (Å²) in [6, 6.07) is 0. The molecule has 0 radical (unpaired) electrons. The second-order valence-corrected chi connectivity index (χ2v) is 9.84. The first kappa shape index (κ1) is 29.0. The van der Waals surface area contributed by atoms with Gasteiger partial charge in [-0.3, -0.25) is 0 Å². The van der Waals surface area contributed by atoms with Gasteiger partial charge in [0, 0.05) is 0 Å². The lowest BCUT2D eigenvalue weighted by atomic mass is 10.1. The van der Waals surface area contributed by atoms with Gasteiger partial charge in [0.25, 0.3) is 0 Å². The molecule has 0 amide bonds. The Hall–Kier alpha value is -0.0400. The molecular formula is C28H60N+. The molecule has 0 aliphatic carbocycles. The fraction of sp³-hybridized carbons (Fsp3) is 1.00. The first-order valence-electron chi connectivity index (χ1n) is 14.1. The zero-order valence-corrected chi connectivity index (χ0v) is 21.4. The Labute approximate surface area is 187 Å². The van der Waals surface area contributed by atoms with E-state index < -0.39 is 0 Å². The van der Waals surface area contributed by atoms with E-state index in [1.165, 1.54) is 159 Å². The maximum Gasteiger partial charge on any atom is 0.0786 e. The second-order valence-electron chi connectivity index (χ2n) is 9.84. The van der Waals surface area contributed by atoms with E-state index in [2.05, 4.69) is 27.7 Å². The Balaban J connectivity index is 4.21. The minimum absolute atomic E-state index is 1.36. The van der Waals surface area contributed by atoms with Crippen LogP contribution in [0.2, 0.25) is 0 Å². The molecule has 0 saturated carbocycles. The summed E-state index contributed by atoms with van der Waals surface area (Å²) in [4.78, 5) is 0. The molecule has 0 aromatic carbocycles. The number of rotatable bonds is 24. The highest BCUT2D eigenvalue weighted by Crippen LogP contribution is 2.18. The maximum atomic E-state index is 2.47. The number of nitrogens with zero attached hydrogens (tertiary/aromatic N) is 1. The molecule has 0 unspecified atom stereocenters. The van der Waals surface area contributed by atoms with E-state index in [0.717, 1.165) is 0 Å². The van der Waals surface area contributed by atoms with E-state index in [9.17, 15) is 0 Å². The predicted molar refractivity (Wildman–Crippen MR) is 135 cm³/mol. The summed E-state index contributed by atoms with van der Waals surface area (Å²) in [6.07, 6.45) is 28.9. The van der Waals surface area contributed by atoms with Crippen molar-refractivity contribution < 1.29 is 4.48 Å². The van der Waals surface area contributed by atoms with Gasteiger partial charge in [-0.25, -0.2) is 0 Å². The Kier molecular flexibility index (Phi) is 22.6. The van der Waals surface area contributed by atoms with Crippen molar-refractivity contribution in [2.24, 2.45) is 0 Å². The van der Waals surface area contributed by atoms with Gasteiger partial charge in [-0.1, -0.05) is 111 Å². The molecule has 0 fully saturated rings. The molecule has 0 N–H and O–H groups in total. The summed E-state index contributed by atoms with van der Waals surface area (Å²) in [5.74, 6) is 0. The van der Waals surface area contributed by atoms with E-state index >= 15 is 0 Å². The highest BCUT2D eigenvalue weighted by atomic mass is 15.3. The predicted octanol–water partition coefficient (Wildman–Crippen LogP) is 9.68. The van der Waals surface area contributed by atoms with Gasteiger partial charge in [0.2, 0.25) is 0 Å². The summed E-state index contributed by atoms with van der Waals surface area (Å²) in [5.41, 5.74) is 0. The van der Waals surface area contributed by atoms with Crippen molar-refractivity contribution in [3.8, 4) is 0 Å². The fourth-order valence-electron chi connectivity index (χ4n) is 4.85. The lowest BCUT2D eigenvalue weighted by molar-refractivity contribution is -0.927. The maximum absolute atomic E-state index is 2.47. The van der Waals surface area contributed by atoms with Crippen molar-refractivity contribution in [1.82, 2.24) is 0 Å². The SMILES string of the molecule is CCCCCCCCCC[N+](CC)(CCCCCCCC)CCCCCCCC. The first-order valence-corrected chi connectivity index (χ1v) is 14.1. The molecule has 176 valence electrons. The number of quaternary nitrogens is 1. The summed E-state index contributed by atoms with van der Waals surface area (Å²) in [6.45, 7) is 15.2. The highest BCUT2D eigenvalue weighted by molar-refractivity contribution is 4.52. The van der Waals surface area contributed by atoms with Crippen LogP contribution in [0.5, 0.6) is 0 Å². The second kappa shape index (κ2) is 22.6. The number of unbranched alkanes of at least 4 members (excludes halogenated alkanes) is 17. The molecule has 0 aromatic heterocycles. The lowest BCUT2D eigenvalue weighted by Gasteiger charge is -2.38. The van der Waals surface area contributed by atoms with Gasteiger partial charge in [0.15, 0.2) is 0 Å². The third kappa shape index (κ3) is 18.4. The van der Waals surface area contributed by atoms with Crippen LogP contribution in [0.1, 0.15) is 156 Å². The zero-order chi connectivity index (χ0) is 21.5. The van der Waals surface area contributed by atoms with E-state index in [0.29, 0.717) is 0 Å². The van der Waals surface area contributed by atoms with Crippen molar-refractivity contribution >= 4 is 0 Å². The average Bonchev–Trinajstić information content (AvgIpc) is 2.74. The van der Waals surface area contributed by atoms with Crippen LogP contribution >= 0.6 is 0 Å². The minimum atomic E-state index is 1.36. The van der Waals surface area contributed by atoms with Gasteiger partial charge < -0.3 is 4.48 Å². The molecule has 0 atom stereocenters. The average molecular weight is 411 g/mol. The molecule has 0 aliphatic heterocycles. The van der Waals surface area contributed by atoms with Crippen molar-refractivity contribution in [1.29, 1.82) is 0 Å². The fourth-order valence-corrected chi connectivity index (χ4v) is 4.85. The van der Waals surface area contributed by atoms with Crippen molar-refractivity contribution in [3.63, 3.8) is 0 Å². The third-order valence-corrected chi connectivity index (χ3v) is 7.13. The number of hydrogen-bond donors (Lipinski definition) is 0. The molecule has 0 heterocycles. The van der Waals surface area contributed by atoms with E-state index in [1.54, 1.807) is 0 Å². The van der Waals surface area contributed by atoms with Crippen LogP contribution < -0.4 is 0 Å². The zero-order valence-electron chi connectivity index (χ0n) is 21.4. The Bertz CT molecular complexity index is 283. The van der Waals surface area contributed by atoms with Crippen molar-refractivity contribution in [2.75, 3.05) is 26.2 Å². The van der Waals surface area contributed by atoms with E-state index in [-0.39, 0.29) is 0 Å². The van der Waals surface area contributed by atoms with E-state index in [4.69, 9.17) is 0 Å². The van der Waals surface area contributed by atoms with E-state index in [1.807, 2.05) is 0 Å². The Morgan fingerprint density at radius 1 is 0.310 bits per heavy atom. The third-order valence-electron chi connectivity index (χ3n) is 7.13. The van der Waals surface area contributed by atoms with Gasteiger partial charge in [-0.2, -0.15) is 0 Å². The van der Waals surface area contributed by atoms with Gasteiger partial charge >= 0.3 is 0 Å². The summed E-state index contributed by atoms with van der Waals surface area (Å²) >= 11 is 0. The molecule has 29 heavy (non-hydrogen) atoms. The van der Waals surface area contributed by atoms with Crippen LogP contribution in [0.4, 0.5) is 0 Å². The van der Waals surface area contributed by atoms with Crippen LogP contribution in [0, 0.1) is 0 Å². The smallest absolute Gasteiger partial charge is 0.0786 e. The molecule has 0 rings (SSSR count). The molecule has 0 spiro atoms. The van der Waals surface area contributed by atoms with Crippen LogP contribution in [0.3, 0.4) is 0 Å². The molecular weight excluding hydrogens is 350 g/mol. The lowest BCUT2D eigenvalue weighted by Crippen LogP contribution is -2.50. The van der Waals surface area contributed by atoms with Crippen LogP contribution in [-0.2, 0) is 0 Å². The van der Waals surface area contributed by atoms with Crippen molar-refractivity contribution in [3.05, 3.63) is 0 Å². The van der Waals surface area contributed by atoms with Gasteiger partial charge in [-0.05, 0) is 45.4 Å². The van der Waals surface area contributed by atoms with Crippen LogP contribution in [0.15, 0.2) is 0 Å². The minimum Gasteiger partial charge on any atom is -0.324 e. The molecule has 0 saturated heterocycles. The van der Waals surface area contributed by atoms with Crippen molar-refractivity contribution in [2.45, 2.75) is 156 Å². The summed E-state index contributed by atoms with van der Waals surface area (Å²) in [5, 5.41) is 0. The largest absolute Gasteiger partial charge is 0.324 e. The van der Waals surface area contributed by atoms with Crippen LogP contribution in [-0.4, -0.2) is 30.7 Å². The Morgan fingerprint density at radius 2 is 0.552 bits per heavy atom. The highest BCUT2D eigenvalue weighted by Gasteiger charge is 2.23. The Morgan fingerprint density at radius 3 is 0.793 bits per heavy atom. The standard InChI is InChI=1S/C28H60N/c1-5-9-12-15-18-19-22-25-28-29(8-4,26-23-20-16-13-10-6-2)27-24-21-17-14-11-7-3/h5-28H2,1-4H3/q+1. The monoisotopic (exact) mass is 410 g/mol. The summed E-state index contributed by atoms with van der Waals surface area (Å²) in [7, 11) is 0. The molecule has 0 bridgehead atoms. The quantitative estimate of drug-likeness (QED) is 0.110. The number of hydrogen-bond acceptors (Lipinski definition) is 0. The van der Waals surface area contributed by atoms with Crippen LogP contribution in [0.25, 0.3) is 0 Å². The van der Waals surface area contributed by atoms with Gasteiger partial charge in [-0.15, -0.1) is 0 Å². The topological polar surface area (TPSA) is 0 Å². The normalized spacial score (nSPS) is 12.0. The summed E-state index contributed by atoms with van der Waals surface area (Å²) < 4.78 is 1.43. The molecule has 1 heteroatoms. The molecule has 0 aliphatic rings. The molecule has 0 aromatic rings.